The summed E-state index contributed by atoms with van der Waals surface area (Å²) >= 11 is 0. The predicted molar refractivity (Wildman–Crippen MR) is 182 cm³/mol. The van der Waals surface area contributed by atoms with Crippen molar-refractivity contribution in [3.8, 4) is 45.4 Å². The van der Waals surface area contributed by atoms with Gasteiger partial charge in [-0.2, -0.15) is 0 Å². The maximum absolute atomic E-state index is 6.33. The highest BCUT2D eigenvalue weighted by atomic mass is 16.3. The van der Waals surface area contributed by atoms with Crippen LogP contribution in [0, 0.1) is 0 Å². The predicted octanol–water partition coefficient (Wildman–Crippen LogP) is 10.1. The molecule has 3 heterocycles. The lowest BCUT2D eigenvalue weighted by atomic mass is 9.97. The van der Waals surface area contributed by atoms with E-state index in [4.69, 9.17) is 24.4 Å². The normalized spacial score (nSPS) is 11.6. The SMILES string of the molecule is c1ccc(-c2nc(-c3ccc(-c4cccc5ccccc45)cc3)nc(-c3nccc4oc5cc6ccccc6cc5c34)n2)cc1. The molecule has 0 aliphatic rings. The zero-order valence-electron chi connectivity index (χ0n) is 24.1. The Labute approximate surface area is 258 Å². The molecule has 0 bridgehead atoms. The van der Waals surface area contributed by atoms with Gasteiger partial charge in [0.2, 0.25) is 0 Å². The summed E-state index contributed by atoms with van der Waals surface area (Å²) in [6, 6.07) is 47.7. The van der Waals surface area contributed by atoms with E-state index >= 15 is 0 Å². The highest BCUT2D eigenvalue weighted by molar-refractivity contribution is 6.14. The van der Waals surface area contributed by atoms with Crippen LogP contribution in [0.5, 0.6) is 0 Å². The second-order valence-corrected chi connectivity index (χ2v) is 11.1. The van der Waals surface area contributed by atoms with E-state index in [9.17, 15) is 0 Å². The Morgan fingerprint density at radius 1 is 0.422 bits per heavy atom. The largest absolute Gasteiger partial charge is 0.456 e. The quantitative estimate of drug-likeness (QED) is 0.209. The third-order valence-electron chi connectivity index (χ3n) is 8.37. The second kappa shape index (κ2) is 10.2. The van der Waals surface area contributed by atoms with Crippen LogP contribution in [0.1, 0.15) is 0 Å². The first-order valence-corrected chi connectivity index (χ1v) is 14.9. The molecular weight excluding hydrogens is 552 g/mol. The highest BCUT2D eigenvalue weighted by Gasteiger charge is 2.19. The Kier molecular flexibility index (Phi) is 5.74. The molecular formula is C40H24N4O. The van der Waals surface area contributed by atoms with E-state index in [1.807, 2.05) is 48.5 Å². The lowest BCUT2D eigenvalue weighted by Gasteiger charge is -2.10. The molecule has 0 fully saturated rings. The first-order valence-electron chi connectivity index (χ1n) is 14.9. The molecule has 5 nitrogen and oxygen atoms in total. The van der Waals surface area contributed by atoms with Gasteiger partial charge in [-0.05, 0) is 50.9 Å². The standard InChI is InChI=1S/C40H24N4O/c1-2-10-27(11-3-1)38-42-39(28-19-17-26(18-20-28)32-16-8-14-25-9-6-7-15-31(25)32)44-40(43-38)37-36-33-23-29-12-4-5-13-30(29)24-35(33)45-34(36)21-22-41-37/h1-24H. The molecule has 9 rings (SSSR count). The molecule has 6 aromatic carbocycles. The summed E-state index contributed by atoms with van der Waals surface area (Å²) in [6.07, 6.45) is 1.75. The molecule has 9 aromatic rings. The van der Waals surface area contributed by atoms with Crippen LogP contribution in [0.25, 0.3) is 88.9 Å². The van der Waals surface area contributed by atoms with Gasteiger partial charge in [0.1, 0.15) is 16.9 Å². The van der Waals surface area contributed by atoms with Crippen LogP contribution < -0.4 is 0 Å². The minimum Gasteiger partial charge on any atom is -0.456 e. The third-order valence-corrected chi connectivity index (χ3v) is 8.37. The van der Waals surface area contributed by atoms with Gasteiger partial charge < -0.3 is 4.42 Å². The van der Waals surface area contributed by atoms with Gasteiger partial charge in [-0.3, -0.25) is 4.98 Å². The third kappa shape index (κ3) is 4.33. The van der Waals surface area contributed by atoms with Gasteiger partial charge in [-0.25, -0.2) is 15.0 Å². The topological polar surface area (TPSA) is 64.7 Å². The monoisotopic (exact) mass is 576 g/mol. The molecule has 0 unspecified atom stereocenters. The van der Waals surface area contributed by atoms with Crippen molar-refractivity contribution in [3.05, 3.63) is 146 Å². The summed E-state index contributed by atoms with van der Waals surface area (Å²) in [5.41, 5.74) is 6.34. The molecule has 5 heteroatoms. The number of hydrogen-bond acceptors (Lipinski definition) is 5. The van der Waals surface area contributed by atoms with E-state index in [0.717, 1.165) is 49.4 Å². The lowest BCUT2D eigenvalue weighted by Crippen LogP contribution is -2.01. The Morgan fingerprint density at radius 3 is 1.84 bits per heavy atom. The van der Waals surface area contributed by atoms with E-state index in [-0.39, 0.29) is 0 Å². The number of benzene rings is 6. The average molecular weight is 577 g/mol. The van der Waals surface area contributed by atoms with E-state index in [1.165, 1.54) is 16.3 Å². The first-order chi connectivity index (χ1) is 22.3. The fourth-order valence-corrected chi connectivity index (χ4v) is 6.18. The van der Waals surface area contributed by atoms with Gasteiger partial charge in [0.05, 0.1) is 5.39 Å². The molecule has 0 saturated heterocycles. The molecule has 3 aromatic heterocycles. The summed E-state index contributed by atoms with van der Waals surface area (Å²) in [5.74, 6) is 1.67. The Bertz CT molecular complexity index is 2530. The number of rotatable bonds is 4. The molecule has 210 valence electrons. The minimum absolute atomic E-state index is 0.499. The number of pyridine rings is 1. The maximum atomic E-state index is 6.33. The van der Waals surface area contributed by atoms with Crippen LogP contribution in [0.15, 0.2) is 150 Å². The molecule has 0 N–H and O–H groups in total. The summed E-state index contributed by atoms with van der Waals surface area (Å²) in [4.78, 5) is 19.8. The lowest BCUT2D eigenvalue weighted by molar-refractivity contribution is 0.669. The van der Waals surface area contributed by atoms with E-state index in [2.05, 4.69) is 91.0 Å². The van der Waals surface area contributed by atoms with Crippen LogP contribution in [0.2, 0.25) is 0 Å². The highest BCUT2D eigenvalue weighted by Crippen LogP contribution is 2.37. The van der Waals surface area contributed by atoms with Crippen LogP contribution in [-0.4, -0.2) is 19.9 Å². The van der Waals surface area contributed by atoms with Crippen LogP contribution in [-0.2, 0) is 0 Å². The summed E-state index contributed by atoms with van der Waals surface area (Å²) < 4.78 is 6.33. The van der Waals surface area contributed by atoms with Crippen molar-refractivity contribution in [2.75, 3.05) is 0 Å². The second-order valence-electron chi connectivity index (χ2n) is 11.1. The van der Waals surface area contributed by atoms with Gasteiger partial charge in [-0.15, -0.1) is 0 Å². The van der Waals surface area contributed by atoms with Crippen molar-refractivity contribution in [1.29, 1.82) is 0 Å². The first kappa shape index (κ1) is 25.3. The molecule has 0 aliphatic heterocycles. The van der Waals surface area contributed by atoms with Crippen molar-refractivity contribution >= 4 is 43.5 Å². The number of nitrogens with zero attached hydrogens (tertiary/aromatic N) is 4. The molecule has 45 heavy (non-hydrogen) atoms. The number of fused-ring (bicyclic) bond motifs is 5. The number of aromatic nitrogens is 4. The molecule has 0 aliphatic carbocycles. The van der Waals surface area contributed by atoms with Crippen LogP contribution in [0.4, 0.5) is 0 Å². The molecule has 0 spiro atoms. The summed E-state index contributed by atoms with van der Waals surface area (Å²) in [7, 11) is 0. The Morgan fingerprint density at radius 2 is 1.04 bits per heavy atom. The van der Waals surface area contributed by atoms with Gasteiger partial charge >= 0.3 is 0 Å². The molecule has 0 atom stereocenters. The number of hydrogen-bond donors (Lipinski definition) is 0. The zero-order chi connectivity index (χ0) is 29.7. The van der Waals surface area contributed by atoms with Gasteiger partial charge in [0, 0.05) is 22.7 Å². The molecule has 0 saturated carbocycles. The molecule has 0 amide bonds. The fraction of sp³-hybridized carbons (Fsp3) is 0. The van der Waals surface area contributed by atoms with Crippen molar-refractivity contribution in [3.63, 3.8) is 0 Å². The van der Waals surface area contributed by atoms with Crippen molar-refractivity contribution < 1.29 is 4.42 Å². The maximum Gasteiger partial charge on any atom is 0.183 e. The Balaban J connectivity index is 1.23. The number of furan rings is 1. The fourth-order valence-electron chi connectivity index (χ4n) is 6.18. The molecule has 0 radical (unpaired) electrons. The summed E-state index contributed by atoms with van der Waals surface area (Å²) in [6.45, 7) is 0. The van der Waals surface area contributed by atoms with Crippen LogP contribution in [0.3, 0.4) is 0 Å². The smallest absolute Gasteiger partial charge is 0.183 e. The van der Waals surface area contributed by atoms with Crippen molar-refractivity contribution in [2.45, 2.75) is 0 Å². The van der Waals surface area contributed by atoms with Crippen LogP contribution >= 0.6 is 0 Å². The van der Waals surface area contributed by atoms with Gasteiger partial charge in [0.15, 0.2) is 17.5 Å². The zero-order valence-corrected chi connectivity index (χ0v) is 24.1. The van der Waals surface area contributed by atoms with Gasteiger partial charge in [-0.1, -0.05) is 121 Å². The van der Waals surface area contributed by atoms with Crippen molar-refractivity contribution in [1.82, 2.24) is 19.9 Å². The van der Waals surface area contributed by atoms with E-state index in [1.54, 1.807) is 6.20 Å². The van der Waals surface area contributed by atoms with Gasteiger partial charge in [0.25, 0.3) is 0 Å². The Hall–Kier alpha value is -6.20. The summed E-state index contributed by atoms with van der Waals surface area (Å²) in [5, 5.41) is 6.57. The average Bonchev–Trinajstić information content (AvgIpc) is 3.48. The van der Waals surface area contributed by atoms with E-state index < -0.39 is 0 Å². The minimum atomic E-state index is 0.499. The van der Waals surface area contributed by atoms with Crippen molar-refractivity contribution in [2.24, 2.45) is 0 Å². The van der Waals surface area contributed by atoms with E-state index in [0.29, 0.717) is 23.2 Å².